The molecule has 90 valence electrons. The van der Waals surface area contributed by atoms with Gasteiger partial charge in [0.15, 0.2) is 0 Å². The second-order valence-corrected chi connectivity index (χ2v) is 5.50. The predicted molar refractivity (Wildman–Crippen MR) is 73.8 cm³/mol. The van der Waals surface area contributed by atoms with Gasteiger partial charge in [0.1, 0.15) is 0 Å². The van der Waals surface area contributed by atoms with Crippen LogP contribution in [0.15, 0.2) is 24.3 Å². The number of rotatable bonds is 5. The third-order valence-electron chi connectivity index (χ3n) is 3.03. The Bertz CT molecular complexity index is 327. The van der Waals surface area contributed by atoms with Crippen molar-refractivity contribution in [1.29, 1.82) is 0 Å². The molecule has 0 nitrogen and oxygen atoms in total. The molecule has 0 fully saturated rings. The van der Waals surface area contributed by atoms with E-state index in [1.807, 2.05) is 0 Å². The third kappa shape index (κ3) is 2.93. The van der Waals surface area contributed by atoms with Crippen molar-refractivity contribution in [3.05, 3.63) is 35.4 Å². The molecule has 0 radical (unpaired) electrons. The van der Waals surface area contributed by atoms with Gasteiger partial charge in [-0.2, -0.15) is 0 Å². The Balaban J connectivity index is 3.15. The molecular weight excluding hydrogens is 239 g/mol. The minimum atomic E-state index is -0.0807. The van der Waals surface area contributed by atoms with Crippen LogP contribution in [0.2, 0.25) is 0 Å². The molecule has 0 aliphatic carbocycles. The quantitative estimate of drug-likeness (QED) is 0.669. The van der Waals surface area contributed by atoms with Crippen molar-refractivity contribution in [2.45, 2.75) is 32.6 Å². The third-order valence-corrected chi connectivity index (χ3v) is 4.05. The fourth-order valence-electron chi connectivity index (χ4n) is 2.35. The van der Waals surface area contributed by atoms with Gasteiger partial charge in [-0.05, 0) is 30.4 Å². The topological polar surface area (TPSA) is 0 Å². The SMILES string of the molecule is Cc1ccccc1C(CCl)(CCl)CC(C)C. The summed E-state index contributed by atoms with van der Waals surface area (Å²) >= 11 is 12.4. The van der Waals surface area contributed by atoms with Crippen LogP contribution in [0.1, 0.15) is 31.4 Å². The number of aryl methyl sites for hydroxylation is 1. The molecule has 0 aliphatic heterocycles. The summed E-state index contributed by atoms with van der Waals surface area (Å²) in [6, 6.07) is 8.41. The molecule has 16 heavy (non-hydrogen) atoms. The highest BCUT2D eigenvalue weighted by Crippen LogP contribution is 2.35. The van der Waals surface area contributed by atoms with E-state index in [9.17, 15) is 0 Å². The summed E-state index contributed by atoms with van der Waals surface area (Å²) in [7, 11) is 0. The van der Waals surface area contributed by atoms with E-state index in [0.717, 1.165) is 6.42 Å². The molecule has 0 saturated carbocycles. The van der Waals surface area contributed by atoms with Crippen molar-refractivity contribution >= 4 is 23.2 Å². The first-order valence-corrected chi connectivity index (χ1v) is 6.80. The van der Waals surface area contributed by atoms with Crippen LogP contribution in [-0.4, -0.2) is 11.8 Å². The van der Waals surface area contributed by atoms with Crippen LogP contribution in [-0.2, 0) is 5.41 Å². The van der Waals surface area contributed by atoms with Gasteiger partial charge in [0, 0.05) is 17.2 Å². The summed E-state index contributed by atoms with van der Waals surface area (Å²) in [6.45, 7) is 6.56. The summed E-state index contributed by atoms with van der Waals surface area (Å²) in [4.78, 5) is 0. The standard InChI is InChI=1S/C14H20Cl2/c1-11(2)8-14(9-15,10-16)13-7-5-4-6-12(13)3/h4-7,11H,8-10H2,1-3H3. The van der Waals surface area contributed by atoms with E-state index in [0.29, 0.717) is 17.7 Å². The molecule has 0 amide bonds. The number of hydrogen-bond donors (Lipinski definition) is 0. The lowest BCUT2D eigenvalue weighted by Crippen LogP contribution is -2.33. The smallest absolute Gasteiger partial charge is 0.0332 e. The normalized spacial score (nSPS) is 12.1. The summed E-state index contributed by atoms with van der Waals surface area (Å²) in [5.41, 5.74) is 2.50. The van der Waals surface area contributed by atoms with E-state index in [4.69, 9.17) is 23.2 Å². The highest BCUT2D eigenvalue weighted by molar-refractivity contribution is 6.22. The zero-order chi connectivity index (χ0) is 12.2. The molecule has 0 spiro atoms. The van der Waals surface area contributed by atoms with Crippen molar-refractivity contribution in [3.63, 3.8) is 0 Å². The van der Waals surface area contributed by atoms with Crippen molar-refractivity contribution in [2.75, 3.05) is 11.8 Å². The van der Waals surface area contributed by atoms with E-state index in [-0.39, 0.29) is 5.41 Å². The van der Waals surface area contributed by atoms with Gasteiger partial charge in [-0.15, -0.1) is 23.2 Å². The molecule has 0 aromatic heterocycles. The van der Waals surface area contributed by atoms with Crippen LogP contribution < -0.4 is 0 Å². The Labute approximate surface area is 109 Å². The molecule has 0 heterocycles. The van der Waals surface area contributed by atoms with Crippen LogP contribution in [0.4, 0.5) is 0 Å². The van der Waals surface area contributed by atoms with Gasteiger partial charge in [0.25, 0.3) is 0 Å². The Morgan fingerprint density at radius 2 is 1.69 bits per heavy atom. The Morgan fingerprint density at radius 1 is 1.12 bits per heavy atom. The van der Waals surface area contributed by atoms with Crippen LogP contribution in [0.3, 0.4) is 0 Å². The average molecular weight is 259 g/mol. The minimum absolute atomic E-state index is 0.0807. The lowest BCUT2D eigenvalue weighted by Gasteiger charge is -2.33. The van der Waals surface area contributed by atoms with E-state index >= 15 is 0 Å². The van der Waals surface area contributed by atoms with Crippen LogP contribution in [0.25, 0.3) is 0 Å². The molecule has 0 N–H and O–H groups in total. The maximum atomic E-state index is 6.19. The van der Waals surface area contributed by atoms with Gasteiger partial charge >= 0.3 is 0 Å². The second kappa shape index (κ2) is 5.93. The van der Waals surface area contributed by atoms with Gasteiger partial charge < -0.3 is 0 Å². The van der Waals surface area contributed by atoms with Gasteiger partial charge in [-0.1, -0.05) is 38.1 Å². The summed E-state index contributed by atoms with van der Waals surface area (Å²) < 4.78 is 0. The van der Waals surface area contributed by atoms with E-state index in [1.54, 1.807) is 0 Å². The Kier molecular flexibility index (Phi) is 5.14. The van der Waals surface area contributed by atoms with Crippen molar-refractivity contribution in [1.82, 2.24) is 0 Å². The highest BCUT2D eigenvalue weighted by atomic mass is 35.5. The fourth-order valence-corrected chi connectivity index (χ4v) is 3.14. The number of hydrogen-bond acceptors (Lipinski definition) is 0. The Hall–Kier alpha value is -0.200. The molecule has 1 aromatic rings. The maximum Gasteiger partial charge on any atom is 0.0332 e. The summed E-state index contributed by atoms with van der Waals surface area (Å²) in [5.74, 6) is 1.76. The first kappa shape index (κ1) is 13.9. The number of benzene rings is 1. The van der Waals surface area contributed by atoms with Gasteiger partial charge in [-0.25, -0.2) is 0 Å². The number of halogens is 2. The Morgan fingerprint density at radius 3 is 2.12 bits per heavy atom. The fraction of sp³-hybridized carbons (Fsp3) is 0.571. The average Bonchev–Trinajstić information content (AvgIpc) is 2.26. The largest absolute Gasteiger partial charge is 0.126 e. The summed E-state index contributed by atoms with van der Waals surface area (Å²) in [6.07, 6.45) is 1.03. The lowest BCUT2D eigenvalue weighted by atomic mass is 9.76. The van der Waals surface area contributed by atoms with E-state index < -0.39 is 0 Å². The first-order chi connectivity index (χ1) is 7.55. The predicted octanol–water partition coefficient (Wildman–Crippen LogP) is 4.76. The first-order valence-electron chi connectivity index (χ1n) is 5.74. The van der Waals surface area contributed by atoms with Crippen molar-refractivity contribution in [2.24, 2.45) is 5.92 Å². The molecule has 0 saturated heterocycles. The molecule has 0 atom stereocenters. The molecule has 1 rings (SSSR count). The van der Waals surface area contributed by atoms with Gasteiger partial charge in [-0.3, -0.25) is 0 Å². The van der Waals surface area contributed by atoms with Gasteiger partial charge in [0.05, 0.1) is 0 Å². The van der Waals surface area contributed by atoms with Crippen LogP contribution in [0.5, 0.6) is 0 Å². The molecule has 0 unspecified atom stereocenters. The second-order valence-electron chi connectivity index (χ2n) is 4.96. The maximum absolute atomic E-state index is 6.19. The zero-order valence-electron chi connectivity index (χ0n) is 10.3. The molecule has 0 aliphatic rings. The van der Waals surface area contributed by atoms with Crippen LogP contribution in [0, 0.1) is 12.8 Å². The van der Waals surface area contributed by atoms with Crippen molar-refractivity contribution in [3.8, 4) is 0 Å². The minimum Gasteiger partial charge on any atom is -0.126 e. The zero-order valence-corrected chi connectivity index (χ0v) is 11.8. The summed E-state index contributed by atoms with van der Waals surface area (Å²) in [5, 5.41) is 0. The van der Waals surface area contributed by atoms with Crippen LogP contribution >= 0.6 is 23.2 Å². The lowest BCUT2D eigenvalue weighted by molar-refractivity contribution is 0.407. The molecular formula is C14H20Cl2. The highest BCUT2D eigenvalue weighted by Gasteiger charge is 2.32. The molecule has 1 aromatic carbocycles. The number of alkyl halides is 2. The van der Waals surface area contributed by atoms with Crippen molar-refractivity contribution < 1.29 is 0 Å². The van der Waals surface area contributed by atoms with Gasteiger partial charge in [0.2, 0.25) is 0 Å². The van der Waals surface area contributed by atoms with E-state index in [1.165, 1.54) is 11.1 Å². The van der Waals surface area contributed by atoms with E-state index in [2.05, 4.69) is 45.0 Å². The molecule has 2 heteroatoms. The molecule has 0 bridgehead atoms. The monoisotopic (exact) mass is 258 g/mol.